The highest BCUT2D eigenvalue weighted by Gasteiger charge is 2.00. The number of hydrogen-bond donors (Lipinski definition) is 3. The standard InChI is InChI=1S/C7H6N4O.C7H8N2O/c12-7-9-6(10-11-7)5-3-1-2-4-8-5;1-10-7(8)6-4-2-3-5-9-6/h1-4H,(H2,9,10,11,12);2-5,8H,1H3. The van der Waals surface area contributed by atoms with Gasteiger partial charge in [-0.25, -0.2) is 9.89 Å². The van der Waals surface area contributed by atoms with Crippen molar-refractivity contribution in [2.45, 2.75) is 0 Å². The molecule has 0 fully saturated rings. The molecule has 0 aliphatic heterocycles. The fraction of sp³-hybridized carbons (Fsp3) is 0.0714. The fourth-order valence-electron chi connectivity index (χ4n) is 1.50. The molecule has 8 nitrogen and oxygen atoms in total. The van der Waals surface area contributed by atoms with E-state index in [2.05, 4.69) is 29.9 Å². The lowest BCUT2D eigenvalue weighted by atomic mass is 10.3. The van der Waals surface area contributed by atoms with Crippen molar-refractivity contribution < 1.29 is 4.74 Å². The minimum atomic E-state index is -0.323. The van der Waals surface area contributed by atoms with Gasteiger partial charge in [0.15, 0.2) is 5.82 Å². The van der Waals surface area contributed by atoms with Gasteiger partial charge in [0.2, 0.25) is 5.90 Å². The minimum absolute atomic E-state index is 0.0978. The Hall–Kier alpha value is -3.29. The van der Waals surface area contributed by atoms with E-state index in [-0.39, 0.29) is 11.6 Å². The quantitative estimate of drug-likeness (QED) is 0.485. The molecule has 0 spiro atoms. The van der Waals surface area contributed by atoms with Gasteiger partial charge in [-0.1, -0.05) is 12.1 Å². The molecule has 0 aliphatic carbocycles. The first-order valence-corrected chi connectivity index (χ1v) is 6.30. The number of rotatable bonds is 2. The molecular weight excluding hydrogens is 284 g/mol. The van der Waals surface area contributed by atoms with E-state index >= 15 is 0 Å². The third-order valence-corrected chi connectivity index (χ3v) is 2.51. The van der Waals surface area contributed by atoms with E-state index < -0.39 is 0 Å². The summed E-state index contributed by atoms with van der Waals surface area (Å²) < 4.78 is 4.66. The lowest BCUT2D eigenvalue weighted by molar-refractivity contribution is 0.399. The number of aromatic amines is 2. The molecule has 8 heteroatoms. The van der Waals surface area contributed by atoms with Gasteiger partial charge in [-0.3, -0.25) is 20.4 Å². The lowest BCUT2D eigenvalue weighted by Crippen LogP contribution is -2.02. The number of ether oxygens (including phenoxy) is 1. The van der Waals surface area contributed by atoms with Crippen molar-refractivity contribution in [3.8, 4) is 11.5 Å². The molecule has 3 aromatic heterocycles. The summed E-state index contributed by atoms with van der Waals surface area (Å²) in [7, 11) is 1.46. The normalized spacial score (nSPS) is 9.50. The topological polar surface area (TPSA) is 120 Å². The Bertz CT molecular complexity index is 767. The maximum absolute atomic E-state index is 10.7. The Morgan fingerprint density at radius 2 is 1.86 bits per heavy atom. The summed E-state index contributed by atoms with van der Waals surface area (Å²) in [6, 6.07) is 10.7. The van der Waals surface area contributed by atoms with Crippen molar-refractivity contribution in [1.82, 2.24) is 25.1 Å². The third-order valence-electron chi connectivity index (χ3n) is 2.51. The third kappa shape index (κ3) is 4.10. The molecule has 0 amide bonds. The highest BCUT2D eigenvalue weighted by molar-refractivity contribution is 5.89. The Balaban J connectivity index is 0.000000164. The summed E-state index contributed by atoms with van der Waals surface area (Å²) in [6.45, 7) is 0. The number of pyridine rings is 2. The summed E-state index contributed by atoms with van der Waals surface area (Å²) in [6.07, 6.45) is 3.27. The monoisotopic (exact) mass is 298 g/mol. The van der Waals surface area contributed by atoms with Crippen LogP contribution in [0.15, 0.2) is 53.6 Å². The number of nitrogens with one attached hydrogen (secondary N) is 3. The Morgan fingerprint density at radius 3 is 2.36 bits per heavy atom. The van der Waals surface area contributed by atoms with Crippen LogP contribution in [0.4, 0.5) is 0 Å². The van der Waals surface area contributed by atoms with Gasteiger partial charge in [0.05, 0.1) is 7.11 Å². The first-order valence-electron chi connectivity index (χ1n) is 6.30. The zero-order valence-electron chi connectivity index (χ0n) is 11.8. The Labute approximate surface area is 125 Å². The molecule has 0 radical (unpaired) electrons. The van der Waals surface area contributed by atoms with E-state index in [1.807, 2.05) is 12.1 Å². The van der Waals surface area contributed by atoms with E-state index in [9.17, 15) is 4.79 Å². The van der Waals surface area contributed by atoms with Gasteiger partial charge >= 0.3 is 5.69 Å². The summed E-state index contributed by atoms with van der Waals surface area (Å²) in [4.78, 5) is 21.1. The number of H-pyrrole nitrogens is 2. The molecule has 3 rings (SSSR count). The zero-order chi connectivity index (χ0) is 15.8. The van der Waals surface area contributed by atoms with Crippen LogP contribution >= 0.6 is 0 Å². The van der Waals surface area contributed by atoms with Crippen LogP contribution in [-0.4, -0.2) is 38.2 Å². The van der Waals surface area contributed by atoms with Crippen molar-refractivity contribution in [3.05, 3.63) is 65.0 Å². The molecule has 112 valence electrons. The number of aromatic nitrogens is 5. The molecule has 0 saturated carbocycles. The van der Waals surface area contributed by atoms with Gasteiger partial charge in [0, 0.05) is 12.4 Å². The molecule has 3 aromatic rings. The van der Waals surface area contributed by atoms with Crippen LogP contribution < -0.4 is 5.69 Å². The summed E-state index contributed by atoms with van der Waals surface area (Å²) >= 11 is 0. The molecule has 0 aliphatic rings. The van der Waals surface area contributed by atoms with Crippen molar-refractivity contribution in [3.63, 3.8) is 0 Å². The predicted molar refractivity (Wildman–Crippen MR) is 80.5 cm³/mol. The fourth-order valence-corrected chi connectivity index (χ4v) is 1.50. The first-order chi connectivity index (χ1) is 10.7. The number of nitrogens with zero attached hydrogens (tertiary/aromatic N) is 3. The second-order valence-electron chi connectivity index (χ2n) is 3.99. The van der Waals surface area contributed by atoms with Crippen molar-refractivity contribution in [2.75, 3.05) is 7.11 Å². The molecule has 22 heavy (non-hydrogen) atoms. The van der Waals surface area contributed by atoms with Gasteiger partial charge in [-0.2, -0.15) is 5.10 Å². The molecule has 3 heterocycles. The van der Waals surface area contributed by atoms with Crippen LogP contribution in [0.25, 0.3) is 11.5 Å². The van der Waals surface area contributed by atoms with Crippen LogP contribution in [0, 0.1) is 5.41 Å². The van der Waals surface area contributed by atoms with Crippen molar-refractivity contribution in [1.29, 1.82) is 5.41 Å². The van der Waals surface area contributed by atoms with Crippen LogP contribution in [0.2, 0.25) is 0 Å². The molecule has 0 atom stereocenters. The minimum Gasteiger partial charge on any atom is -0.480 e. The van der Waals surface area contributed by atoms with Gasteiger partial charge in [-0.05, 0) is 24.3 Å². The number of hydrogen-bond acceptors (Lipinski definition) is 6. The molecule has 0 unspecified atom stereocenters. The summed E-state index contributed by atoms with van der Waals surface area (Å²) in [5.74, 6) is 0.557. The van der Waals surface area contributed by atoms with Crippen LogP contribution in [0.1, 0.15) is 5.69 Å². The highest BCUT2D eigenvalue weighted by Crippen LogP contribution is 2.05. The molecular formula is C14H14N6O2. The average Bonchev–Trinajstić information content (AvgIpc) is 3.03. The molecule has 0 saturated heterocycles. The molecule has 3 N–H and O–H groups in total. The van der Waals surface area contributed by atoms with Crippen molar-refractivity contribution >= 4 is 5.90 Å². The van der Waals surface area contributed by atoms with Gasteiger partial charge in [0.1, 0.15) is 11.4 Å². The average molecular weight is 298 g/mol. The first kappa shape index (κ1) is 15.1. The zero-order valence-corrected chi connectivity index (χ0v) is 11.8. The van der Waals surface area contributed by atoms with Crippen LogP contribution in [-0.2, 0) is 4.74 Å². The van der Waals surface area contributed by atoms with E-state index in [1.54, 1.807) is 36.7 Å². The van der Waals surface area contributed by atoms with Gasteiger partial charge in [0.25, 0.3) is 0 Å². The second kappa shape index (κ2) is 7.48. The van der Waals surface area contributed by atoms with E-state index in [4.69, 9.17) is 5.41 Å². The van der Waals surface area contributed by atoms with E-state index in [0.29, 0.717) is 17.2 Å². The van der Waals surface area contributed by atoms with Gasteiger partial charge < -0.3 is 4.74 Å². The van der Waals surface area contributed by atoms with Crippen molar-refractivity contribution in [2.24, 2.45) is 0 Å². The maximum atomic E-state index is 10.7. The largest absolute Gasteiger partial charge is 0.480 e. The smallest absolute Gasteiger partial charge is 0.340 e. The molecule has 0 aromatic carbocycles. The molecule has 0 bridgehead atoms. The summed E-state index contributed by atoms with van der Waals surface area (Å²) in [5.41, 5.74) is 0.886. The van der Waals surface area contributed by atoms with E-state index in [0.717, 1.165) is 0 Å². The number of methoxy groups -OCH3 is 1. The second-order valence-corrected chi connectivity index (χ2v) is 3.99. The van der Waals surface area contributed by atoms with Crippen LogP contribution in [0.3, 0.4) is 0 Å². The highest BCUT2D eigenvalue weighted by atomic mass is 16.5. The van der Waals surface area contributed by atoms with Gasteiger partial charge in [-0.15, -0.1) is 0 Å². The van der Waals surface area contributed by atoms with E-state index in [1.165, 1.54) is 7.11 Å². The Morgan fingerprint density at radius 1 is 1.14 bits per heavy atom. The Kier molecular flexibility index (Phi) is 5.14. The summed E-state index contributed by atoms with van der Waals surface area (Å²) in [5, 5.41) is 13.2. The predicted octanol–water partition coefficient (Wildman–Crippen LogP) is 1.21. The lowest BCUT2D eigenvalue weighted by Gasteiger charge is -1.98. The SMILES string of the molecule is COC(=N)c1ccccn1.O=c1[nH]nc(-c2ccccn2)[nH]1. The maximum Gasteiger partial charge on any atom is 0.340 e. The van der Waals surface area contributed by atoms with Crippen LogP contribution in [0.5, 0.6) is 0 Å².